The molecule has 1 heterocycles. The van der Waals surface area contributed by atoms with Crippen LogP contribution in [-0.4, -0.2) is 17.8 Å². The molecule has 0 unspecified atom stereocenters. The molecule has 0 fully saturated rings. The zero-order chi connectivity index (χ0) is 17.4. The summed E-state index contributed by atoms with van der Waals surface area (Å²) in [5, 5.41) is 0.370. The molecule has 0 spiro atoms. The fraction of sp³-hybridized carbons (Fsp3) is 0.118. The lowest BCUT2D eigenvalue weighted by atomic mass is 10.1. The van der Waals surface area contributed by atoms with E-state index in [9.17, 15) is 14.4 Å². The molecule has 2 aromatic rings. The summed E-state index contributed by atoms with van der Waals surface area (Å²) < 4.78 is 4.99. The van der Waals surface area contributed by atoms with Crippen molar-refractivity contribution >= 4 is 40.8 Å². The molecule has 6 nitrogen and oxygen atoms in total. The number of nitrogen functional groups attached to an aromatic ring is 1. The summed E-state index contributed by atoms with van der Waals surface area (Å²) in [6.45, 7) is 1.18. The highest BCUT2D eigenvalue weighted by molar-refractivity contribution is 6.36. The van der Waals surface area contributed by atoms with Gasteiger partial charge in [0.25, 0.3) is 11.8 Å². The fourth-order valence-electron chi connectivity index (χ4n) is 2.55. The van der Waals surface area contributed by atoms with Crippen LogP contribution in [0.4, 0.5) is 11.4 Å². The molecule has 0 bridgehead atoms. The first-order valence-corrected chi connectivity index (χ1v) is 7.46. The van der Waals surface area contributed by atoms with E-state index >= 15 is 0 Å². The van der Waals surface area contributed by atoms with Crippen LogP contribution in [0.5, 0.6) is 0 Å². The lowest BCUT2D eigenvalue weighted by molar-refractivity contribution is -0.142. The number of halogens is 1. The Kier molecular flexibility index (Phi) is 3.99. The van der Waals surface area contributed by atoms with Crippen LogP contribution < -0.4 is 10.6 Å². The van der Waals surface area contributed by atoms with Gasteiger partial charge in [0.2, 0.25) is 0 Å². The normalized spacial score (nSPS) is 13.2. The number of fused-ring (bicyclic) bond motifs is 1. The van der Waals surface area contributed by atoms with Gasteiger partial charge in [-0.05, 0) is 36.4 Å². The number of ether oxygens (including phenoxy) is 1. The smallest absolute Gasteiger partial charge is 0.302 e. The zero-order valence-corrected chi connectivity index (χ0v) is 13.5. The number of hydrogen-bond acceptors (Lipinski definition) is 5. The van der Waals surface area contributed by atoms with Crippen LogP contribution in [-0.2, 0) is 16.1 Å². The number of benzene rings is 2. The lowest BCUT2D eigenvalue weighted by Gasteiger charge is -2.18. The van der Waals surface area contributed by atoms with Crippen LogP contribution >= 0.6 is 11.6 Å². The number of esters is 1. The van der Waals surface area contributed by atoms with Gasteiger partial charge in [-0.1, -0.05) is 11.6 Å². The maximum Gasteiger partial charge on any atom is 0.302 e. The molecule has 0 atom stereocenters. The van der Waals surface area contributed by atoms with Gasteiger partial charge in [0.1, 0.15) is 6.61 Å². The molecule has 0 aromatic heterocycles. The van der Waals surface area contributed by atoms with Crippen molar-refractivity contribution in [2.45, 2.75) is 13.5 Å². The predicted molar refractivity (Wildman–Crippen MR) is 88.9 cm³/mol. The van der Waals surface area contributed by atoms with Crippen LogP contribution in [0.1, 0.15) is 33.2 Å². The Labute approximate surface area is 142 Å². The Morgan fingerprint density at radius 1 is 1.12 bits per heavy atom. The van der Waals surface area contributed by atoms with E-state index in [2.05, 4.69) is 0 Å². The third-order valence-electron chi connectivity index (χ3n) is 3.62. The van der Waals surface area contributed by atoms with Crippen molar-refractivity contribution in [1.82, 2.24) is 0 Å². The summed E-state index contributed by atoms with van der Waals surface area (Å²) in [6, 6.07) is 9.22. The van der Waals surface area contributed by atoms with Crippen LogP contribution in [0.3, 0.4) is 0 Å². The first-order valence-electron chi connectivity index (χ1n) is 7.08. The molecule has 122 valence electrons. The van der Waals surface area contributed by atoms with Crippen molar-refractivity contribution in [2.75, 3.05) is 10.6 Å². The van der Waals surface area contributed by atoms with E-state index in [0.717, 1.165) is 4.90 Å². The number of nitrogens with zero attached hydrogens (tertiary/aromatic N) is 1. The number of carbonyl (C=O) groups excluding carboxylic acids is 3. The minimum Gasteiger partial charge on any atom is -0.461 e. The van der Waals surface area contributed by atoms with E-state index in [0.29, 0.717) is 22.0 Å². The van der Waals surface area contributed by atoms with Gasteiger partial charge in [-0.2, -0.15) is 0 Å². The Hall–Kier alpha value is -2.86. The SMILES string of the molecule is CC(=O)OCc1cc(N)ccc1N1C(=O)c2ccc(Cl)cc2C1=O. The van der Waals surface area contributed by atoms with E-state index < -0.39 is 17.8 Å². The second-order valence-electron chi connectivity index (χ2n) is 5.30. The Morgan fingerprint density at radius 2 is 1.83 bits per heavy atom. The molecule has 2 aromatic carbocycles. The van der Waals surface area contributed by atoms with Crippen LogP contribution in [0.15, 0.2) is 36.4 Å². The predicted octanol–water partition coefficient (Wildman–Crippen LogP) is 2.79. The van der Waals surface area contributed by atoms with Gasteiger partial charge in [-0.3, -0.25) is 14.4 Å². The Balaban J connectivity index is 2.05. The van der Waals surface area contributed by atoms with Crippen molar-refractivity contribution in [3.63, 3.8) is 0 Å². The quantitative estimate of drug-likeness (QED) is 0.525. The maximum absolute atomic E-state index is 12.6. The van der Waals surface area contributed by atoms with Crippen molar-refractivity contribution in [3.8, 4) is 0 Å². The molecule has 0 saturated heterocycles. The molecule has 2 N–H and O–H groups in total. The molecule has 7 heteroatoms. The van der Waals surface area contributed by atoms with Crippen LogP contribution in [0.25, 0.3) is 0 Å². The van der Waals surface area contributed by atoms with E-state index in [4.69, 9.17) is 22.1 Å². The molecule has 3 rings (SSSR count). The van der Waals surface area contributed by atoms with Crippen molar-refractivity contribution in [2.24, 2.45) is 0 Å². The summed E-state index contributed by atoms with van der Waals surface area (Å²) in [5.74, 6) is -1.41. The monoisotopic (exact) mass is 344 g/mol. The minimum atomic E-state index is -0.480. The number of rotatable bonds is 3. The number of nitrogens with two attached hydrogens (primary N) is 1. The lowest BCUT2D eigenvalue weighted by Crippen LogP contribution is -2.30. The number of hydrogen-bond donors (Lipinski definition) is 1. The number of carbonyl (C=O) groups is 3. The highest BCUT2D eigenvalue weighted by Gasteiger charge is 2.37. The highest BCUT2D eigenvalue weighted by atomic mass is 35.5. The van der Waals surface area contributed by atoms with Gasteiger partial charge in [0.05, 0.1) is 16.8 Å². The first-order chi connectivity index (χ1) is 11.4. The van der Waals surface area contributed by atoms with Gasteiger partial charge in [-0.25, -0.2) is 4.90 Å². The average Bonchev–Trinajstić information content (AvgIpc) is 2.77. The molecule has 0 radical (unpaired) electrons. The summed E-state index contributed by atoms with van der Waals surface area (Å²) in [4.78, 5) is 37.4. The van der Waals surface area contributed by atoms with Crippen LogP contribution in [0, 0.1) is 0 Å². The second kappa shape index (κ2) is 5.98. The number of anilines is 2. The summed E-state index contributed by atoms with van der Waals surface area (Å²) in [6.07, 6.45) is 0. The number of imide groups is 1. The van der Waals surface area contributed by atoms with Crippen molar-refractivity contribution in [1.29, 1.82) is 0 Å². The molecular formula is C17H13ClN2O4. The first kappa shape index (κ1) is 16.0. The third kappa shape index (κ3) is 2.72. The van der Waals surface area contributed by atoms with Gasteiger partial charge in [0.15, 0.2) is 0 Å². The van der Waals surface area contributed by atoms with Crippen LogP contribution in [0.2, 0.25) is 5.02 Å². The summed E-state index contributed by atoms with van der Waals surface area (Å²) in [7, 11) is 0. The molecule has 0 saturated carbocycles. The van der Waals surface area contributed by atoms with E-state index in [1.165, 1.54) is 19.1 Å². The average molecular weight is 345 g/mol. The minimum absolute atomic E-state index is 0.0934. The standard InChI is InChI=1S/C17H13ClN2O4/c1-9(21)24-8-10-6-12(19)3-5-15(10)20-16(22)13-4-2-11(18)7-14(13)17(20)23/h2-7H,8,19H2,1H3. The van der Waals surface area contributed by atoms with E-state index in [-0.39, 0.29) is 17.7 Å². The van der Waals surface area contributed by atoms with E-state index in [1.54, 1.807) is 24.3 Å². The summed E-state index contributed by atoms with van der Waals surface area (Å²) in [5.41, 5.74) is 7.50. The number of amides is 2. The third-order valence-corrected chi connectivity index (χ3v) is 3.86. The fourth-order valence-corrected chi connectivity index (χ4v) is 2.72. The maximum atomic E-state index is 12.6. The molecule has 2 amide bonds. The molecule has 1 aliphatic rings. The molecule has 1 aliphatic heterocycles. The Bertz CT molecular complexity index is 879. The van der Waals surface area contributed by atoms with Gasteiger partial charge >= 0.3 is 5.97 Å². The molecule has 24 heavy (non-hydrogen) atoms. The topological polar surface area (TPSA) is 89.7 Å². The van der Waals surface area contributed by atoms with Crippen molar-refractivity contribution in [3.05, 3.63) is 58.1 Å². The summed E-state index contributed by atoms with van der Waals surface area (Å²) >= 11 is 5.91. The Morgan fingerprint density at radius 3 is 2.54 bits per heavy atom. The van der Waals surface area contributed by atoms with E-state index in [1.807, 2.05) is 0 Å². The second-order valence-corrected chi connectivity index (χ2v) is 5.74. The largest absolute Gasteiger partial charge is 0.461 e. The zero-order valence-electron chi connectivity index (χ0n) is 12.7. The van der Waals surface area contributed by atoms with Gasteiger partial charge in [0, 0.05) is 23.2 Å². The van der Waals surface area contributed by atoms with Gasteiger partial charge < -0.3 is 10.5 Å². The molecule has 0 aliphatic carbocycles. The highest BCUT2D eigenvalue weighted by Crippen LogP contribution is 2.33. The van der Waals surface area contributed by atoms with Crippen molar-refractivity contribution < 1.29 is 19.1 Å². The molecular weight excluding hydrogens is 332 g/mol. The van der Waals surface area contributed by atoms with Gasteiger partial charge in [-0.15, -0.1) is 0 Å².